The fourth-order valence-corrected chi connectivity index (χ4v) is 2.17. The van der Waals surface area contributed by atoms with Crippen LogP contribution in [0.4, 0.5) is 0 Å². The van der Waals surface area contributed by atoms with Crippen molar-refractivity contribution in [3.05, 3.63) is 47.0 Å². The van der Waals surface area contributed by atoms with Crippen molar-refractivity contribution in [1.82, 2.24) is 20.5 Å². The lowest BCUT2D eigenvalue weighted by Gasteiger charge is -2.16. The van der Waals surface area contributed by atoms with Crippen molar-refractivity contribution in [3.63, 3.8) is 0 Å². The molecule has 1 atom stereocenters. The highest BCUT2D eigenvalue weighted by Gasteiger charge is 2.15. The second kappa shape index (κ2) is 6.91. The lowest BCUT2D eigenvalue weighted by atomic mass is 9.98. The van der Waals surface area contributed by atoms with Crippen LogP contribution in [0.1, 0.15) is 60.8 Å². The number of carbonyl (C=O) groups excluding carboxylic acids is 1. The van der Waals surface area contributed by atoms with Gasteiger partial charge < -0.3 is 10.4 Å². The number of hydrogen-bond donors (Lipinski definition) is 3. The first-order valence-corrected chi connectivity index (χ1v) is 7.76. The van der Waals surface area contributed by atoms with Gasteiger partial charge in [-0.3, -0.25) is 9.89 Å². The molecule has 1 unspecified atom stereocenters. The second-order valence-corrected chi connectivity index (χ2v) is 6.48. The predicted molar refractivity (Wildman–Crippen MR) is 88.1 cm³/mol. The van der Waals surface area contributed by atoms with Gasteiger partial charge in [-0.1, -0.05) is 12.1 Å². The number of rotatable bonds is 6. The zero-order valence-electron chi connectivity index (χ0n) is 14.1. The van der Waals surface area contributed by atoms with Gasteiger partial charge in [-0.2, -0.15) is 5.10 Å². The van der Waals surface area contributed by atoms with Crippen molar-refractivity contribution in [1.29, 1.82) is 0 Å². The van der Waals surface area contributed by atoms with Gasteiger partial charge in [0.1, 0.15) is 5.82 Å². The Balaban J connectivity index is 1.94. The van der Waals surface area contributed by atoms with Gasteiger partial charge in [0.2, 0.25) is 0 Å². The minimum Gasteiger partial charge on any atom is -0.390 e. The molecule has 0 fully saturated rings. The molecule has 3 N–H and O–H groups in total. The number of aliphatic hydroxyl groups is 1. The second-order valence-electron chi connectivity index (χ2n) is 6.48. The fourth-order valence-electron chi connectivity index (χ4n) is 2.17. The zero-order valence-corrected chi connectivity index (χ0v) is 14.1. The van der Waals surface area contributed by atoms with Gasteiger partial charge in [0, 0.05) is 5.56 Å². The fraction of sp³-hybridized carbons (Fsp3) is 0.471. The standard InChI is InChI=1S/C17H24N4O2/c1-11(15-19-12(2)20-21-15)18-16(22)14-7-5-13(6-8-14)9-10-17(3,4)23/h5-8,11,23H,9-10H2,1-4H3,(H,18,22)(H,19,20,21). The van der Waals surface area contributed by atoms with Crippen molar-refractivity contribution in [2.24, 2.45) is 0 Å². The smallest absolute Gasteiger partial charge is 0.251 e. The molecule has 1 amide bonds. The van der Waals surface area contributed by atoms with Crippen LogP contribution in [-0.2, 0) is 6.42 Å². The lowest BCUT2D eigenvalue weighted by molar-refractivity contribution is 0.0713. The van der Waals surface area contributed by atoms with Gasteiger partial charge in [0.25, 0.3) is 5.91 Å². The summed E-state index contributed by atoms with van der Waals surface area (Å²) in [5.41, 5.74) is 1.01. The van der Waals surface area contributed by atoms with Crippen molar-refractivity contribution in [3.8, 4) is 0 Å². The number of carbonyl (C=O) groups is 1. The molecule has 0 spiro atoms. The molecule has 0 saturated carbocycles. The van der Waals surface area contributed by atoms with E-state index in [9.17, 15) is 9.90 Å². The molecule has 1 aromatic heterocycles. The van der Waals surface area contributed by atoms with E-state index < -0.39 is 5.60 Å². The number of aromatic amines is 1. The van der Waals surface area contributed by atoms with E-state index in [2.05, 4.69) is 20.5 Å². The average Bonchev–Trinajstić information content (AvgIpc) is 2.91. The number of hydrogen-bond acceptors (Lipinski definition) is 4. The summed E-state index contributed by atoms with van der Waals surface area (Å²) in [6.07, 6.45) is 1.46. The Hall–Kier alpha value is -2.21. The number of benzene rings is 1. The van der Waals surface area contributed by atoms with Crippen molar-refractivity contribution in [2.45, 2.75) is 52.2 Å². The van der Waals surface area contributed by atoms with Crippen LogP contribution in [0.25, 0.3) is 0 Å². The molecule has 1 heterocycles. The maximum Gasteiger partial charge on any atom is 0.251 e. The summed E-state index contributed by atoms with van der Waals surface area (Å²) in [7, 11) is 0. The zero-order chi connectivity index (χ0) is 17.0. The van der Waals surface area contributed by atoms with E-state index in [4.69, 9.17) is 0 Å². The van der Waals surface area contributed by atoms with E-state index in [0.717, 1.165) is 17.8 Å². The van der Waals surface area contributed by atoms with Crippen molar-refractivity contribution >= 4 is 5.91 Å². The van der Waals surface area contributed by atoms with Gasteiger partial charge in [0.05, 0.1) is 11.6 Å². The Morgan fingerprint density at radius 1 is 1.35 bits per heavy atom. The van der Waals surface area contributed by atoms with Gasteiger partial charge in [0.15, 0.2) is 5.82 Å². The van der Waals surface area contributed by atoms with Crippen LogP contribution >= 0.6 is 0 Å². The number of aryl methyl sites for hydroxylation is 2. The normalized spacial score (nSPS) is 12.9. The number of amides is 1. The van der Waals surface area contributed by atoms with Crippen molar-refractivity contribution < 1.29 is 9.90 Å². The van der Waals surface area contributed by atoms with E-state index in [1.807, 2.05) is 26.0 Å². The van der Waals surface area contributed by atoms with Gasteiger partial charge in [-0.25, -0.2) is 4.98 Å². The summed E-state index contributed by atoms with van der Waals surface area (Å²) < 4.78 is 0. The highest BCUT2D eigenvalue weighted by Crippen LogP contribution is 2.14. The molecule has 2 rings (SSSR count). The Morgan fingerprint density at radius 3 is 2.52 bits per heavy atom. The number of H-pyrrole nitrogens is 1. The first-order valence-electron chi connectivity index (χ1n) is 7.76. The van der Waals surface area contributed by atoms with Crippen LogP contribution in [0.2, 0.25) is 0 Å². The predicted octanol–water partition coefficient (Wildman–Crippen LogP) is 2.31. The Labute approximate surface area is 136 Å². The third kappa shape index (κ3) is 5.17. The molecule has 6 nitrogen and oxygen atoms in total. The SMILES string of the molecule is Cc1nc(C(C)NC(=O)c2ccc(CCC(C)(C)O)cc2)n[nH]1. The molecule has 0 aliphatic carbocycles. The molecule has 0 radical (unpaired) electrons. The summed E-state index contributed by atoms with van der Waals surface area (Å²) in [5.74, 6) is 1.13. The monoisotopic (exact) mass is 316 g/mol. The third-order valence-corrected chi connectivity index (χ3v) is 3.59. The van der Waals surface area contributed by atoms with Gasteiger partial charge in [-0.05, 0) is 58.2 Å². The van der Waals surface area contributed by atoms with Crippen LogP contribution in [-0.4, -0.2) is 31.8 Å². The summed E-state index contributed by atoms with van der Waals surface area (Å²) in [6, 6.07) is 7.17. The Morgan fingerprint density at radius 2 is 2.00 bits per heavy atom. The lowest BCUT2D eigenvalue weighted by Crippen LogP contribution is -2.27. The molecule has 6 heteroatoms. The topological polar surface area (TPSA) is 90.9 Å². The van der Waals surface area contributed by atoms with Crippen LogP contribution in [0, 0.1) is 6.92 Å². The van der Waals surface area contributed by atoms with Crippen LogP contribution in [0.3, 0.4) is 0 Å². The van der Waals surface area contributed by atoms with E-state index in [1.165, 1.54) is 0 Å². The molecule has 0 bridgehead atoms. The van der Waals surface area contributed by atoms with E-state index in [1.54, 1.807) is 26.0 Å². The number of nitrogens with zero attached hydrogens (tertiary/aromatic N) is 2. The Bertz CT molecular complexity index is 656. The third-order valence-electron chi connectivity index (χ3n) is 3.59. The maximum atomic E-state index is 12.2. The Kier molecular flexibility index (Phi) is 5.15. The summed E-state index contributed by atoms with van der Waals surface area (Å²) >= 11 is 0. The van der Waals surface area contributed by atoms with E-state index in [-0.39, 0.29) is 11.9 Å². The van der Waals surface area contributed by atoms with Crippen molar-refractivity contribution in [2.75, 3.05) is 0 Å². The molecular formula is C17H24N4O2. The van der Waals surface area contributed by atoms with Gasteiger partial charge >= 0.3 is 0 Å². The molecule has 124 valence electrons. The molecular weight excluding hydrogens is 292 g/mol. The van der Waals surface area contributed by atoms with Crippen LogP contribution in [0.5, 0.6) is 0 Å². The first kappa shape index (κ1) is 17.1. The minimum absolute atomic E-state index is 0.158. The number of nitrogens with one attached hydrogen (secondary N) is 2. The van der Waals surface area contributed by atoms with E-state index >= 15 is 0 Å². The molecule has 23 heavy (non-hydrogen) atoms. The minimum atomic E-state index is -0.680. The van der Waals surface area contributed by atoms with Gasteiger partial charge in [-0.15, -0.1) is 0 Å². The summed E-state index contributed by atoms with van der Waals surface area (Å²) in [4.78, 5) is 16.5. The van der Waals surface area contributed by atoms with Crippen LogP contribution < -0.4 is 5.32 Å². The quantitative estimate of drug-likeness (QED) is 0.762. The number of aromatic nitrogens is 3. The van der Waals surface area contributed by atoms with Crippen LogP contribution in [0.15, 0.2) is 24.3 Å². The molecule has 0 saturated heterocycles. The largest absolute Gasteiger partial charge is 0.390 e. The summed E-state index contributed by atoms with van der Waals surface area (Å²) in [5, 5.41) is 19.4. The molecule has 0 aliphatic rings. The highest BCUT2D eigenvalue weighted by molar-refractivity contribution is 5.94. The maximum absolute atomic E-state index is 12.2. The van der Waals surface area contributed by atoms with E-state index in [0.29, 0.717) is 17.8 Å². The molecule has 2 aromatic rings. The molecule has 1 aromatic carbocycles. The summed E-state index contributed by atoms with van der Waals surface area (Å²) in [6.45, 7) is 7.25. The highest BCUT2D eigenvalue weighted by atomic mass is 16.3. The molecule has 0 aliphatic heterocycles. The first-order chi connectivity index (χ1) is 10.7. The average molecular weight is 316 g/mol.